The van der Waals surface area contributed by atoms with Gasteiger partial charge in [0.05, 0.1) is 6.20 Å². The third kappa shape index (κ3) is 5.81. The molecule has 0 spiro atoms. The zero-order valence-electron chi connectivity index (χ0n) is 14.5. The Hall–Kier alpha value is -1.65. The van der Waals surface area contributed by atoms with Crippen molar-refractivity contribution in [3.63, 3.8) is 0 Å². The molecule has 1 saturated heterocycles. The van der Waals surface area contributed by atoms with E-state index in [4.69, 9.17) is 4.42 Å². The summed E-state index contributed by atoms with van der Waals surface area (Å²) in [7, 11) is 0. The maximum absolute atomic E-state index is 12.2. The number of hydrogen-bond acceptors (Lipinski definition) is 4. The molecule has 0 atom stereocenters. The van der Waals surface area contributed by atoms with Crippen molar-refractivity contribution in [3.05, 3.63) is 18.4 Å². The van der Waals surface area contributed by atoms with E-state index in [1.165, 1.54) is 12.5 Å². The minimum atomic E-state index is -0.0206. The molecule has 23 heavy (non-hydrogen) atoms. The first-order chi connectivity index (χ1) is 10.8. The van der Waals surface area contributed by atoms with Gasteiger partial charge in [-0.25, -0.2) is 4.98 Å². The molecule has 0 N–H and O–H groups in total. The lowest BCUT2D eigenvalue weighted by Gasteiger charge is -2.33. The number of amides is 1. The maximum Gasteiger partial charge on any atom is 0.263 e. The molecule has 1 aliphatic rings. The van der Waals surface area contributed by atoms with E-state index < -0.39 is 0 Å². The molecular weight excluding hydrogens is 292 g/mol. The van der Waals surface area contributed by atoms with E-state index in [-0.39, 0.29) is 23.0 Å². The number of piperidine rings is 1. The summed E-state index contributed by atoms with van der Waals surface area (Å²) in [5.74, 6) is 1.08. The summed E-state index contributed by atoms with van der Waals surface area (Å²) < 4.78 is 5.01. The topological polar surface area (TPSA) is 63.4 Å². The largest absolute Gasteiger partial charge is 0.442 e. The predicted molar refractivity (Wildman–Crippen MR) is 88.1 cm³/mol. The van der Waals surface area contributed by atoms with E-state index in [0.29, 0.717) is 18.8 Å². The SMILES string of the molecule is CC(C)(C)CC(=O)N1CCC(CCCC(=O)c2ncco2)CC1. The highest BCUT2D eigenvalue weighted by molar-refractivity contribution is 5.91. The van der Waals surface area contributed by atoms with Crippen LogP contribution in [0.25, 0.3) is 0 Å². The maximum atomic E-state index is 12.2. The van der Waals surface area contributed by atoms with Crippen LogP contribution < -0.4 is 0 Å². The molecule has 5 heteroatoms. The Kier molecular flexibility index (Phi) is 5.97. The van der Waals surface area contributed by atoms with Gasteiger partial charge in [-0.05, 0) is 37.0 Å². The first-order valence-electron chi connectivity index (χ1n) is 8.55. The van der Waals surface area contributed by atoms with Gasteiger partial charge < -0.3 is 9.32 Å². The highest BCUT2D eigenvalue weighted by Gasteiger charge is 2.25. The fraction of sp³-hybridized carbons (Fsp3) is 0.722. The van der Waals surface area contributed by atoms with Gasteiger partial charge in [-0.15, -0.1) is 0 Å². The summed E-state index contributed by atoms with van der Waals surface area (Å²) in [6, 6.07) is 0. The molecule has 0 aromatic carbocycles. The summed E-state index contributed by atoms with van der Waals surface area (Å²) in [6.07, 6.45) is 8.02. The first kappa shape index (κ1) is 17.7. The summed E-state index contributed by atoms with van der Waals surface area (Å²) in [5.41, 5.74) is 0.0498. The number of oxazole rings is 1. The average Bonchev–Trinajstić information content (AvgIpc) is 3.00. The van der Waals surface area contributed by atoms with Crippen LogP contribution in [0.1, 0.15) is 70.0 Å². The van der Waals surface area contributed by atoms with Crippen LogP contribution in [0.2, 0.25) is 0 Å². The lowest BCUT2D eigenvalue weighted by Crippen LogP contribution is -2.39. The van der Waals surface area contributed by atoms with E-state index in [9.17, 15) is 9.59 Å². The number of aromatic nitrogens is 1. The second-order valence-electron chi connectivity index (χ2n) is 7.71. The fourth-order valence-electron chi connectivity index (χ4n) is 3.06. The van der Waals surface area contributed by atoms with Crippen LogP contribution in [-0.2, 0) is 4.79 Å². The van der Waals surface area contributed by atoms with Crippen molar-refractivity contribution in [2.45, 2.75) is 59.3 Å². The standard InChI is InChI=1S/C18H28N2O3/c1-18(2,3)13-16(22)20-10-7-14(8-11-20)5-4-6-15(21)17-19-9-12-23-17/h9,12,14H,4-8,10-11,13H2,1-3H3. The summed E-state index contributed by atoms with van der Waals surface area (Å²) >= 11 is 0. The summed E-state index contributed by atoms with van der Waals surface area (Å²) in [6.45, 7) is 8.01. The van der Waals surface area contributed by atoms with Gasteiger partial charge in [-0.3, -0.25) is 9.59 Å². The lowest BCUT2D eigenvalue weighted by atomic mass is 9.89. The van der Waals surface area contributed by atoms with Crippen molar-refractivity contribution < 1.29 is 14.0 Å². The van der Waals surface area contributed by atoms with Crippen LogP contribution in [0.5, 0.6) is 0 Å². The Morgan fingerprint density at radius 1 is 1.30 bits per heavy atom. The monoisotopic (exact) mass is 320 g/mol. The van der Waals surface area contributed by atoms with Crippen LogP contribution in [0.15, 0.2) is 16.9 Å². The molecule has 2 rings (SSSR count). The van der Waals surface area contributed by atoms with Crippen molar-refractivity contribution in [1.29, 1.82) is 0 Å². The molecule has 1 amide bonds. The minimum Gasteiger partial charge on any atom is -0.442 e. The Morgan fingerprint density at radius 3 is 2.57 bits per heavy atom. The molecule has 1 aliphatic heterocycles. The van der Waals surface area contributed by atoms with Gasteiger partial charge in [0.2, 0.25) is 11.7 Å². The molecule has 1 aromatic heterocycles. The Labute approximate surface area is 138 Å². The predicted octanol–water partition coefficient (Wildman–Crippen LogP) is 3.70. The van der Waals surface area contributed by atoms with Gasteiger partial charge in [0.25, 0.3) is 5.89 Å². The van der Waals surface area contributed by atoms with Crippen molar-refractivity contribution in [2.75, 3.05) is 13.1 Å². The quantitative estimate of drug-likeness (QED) is 0.750. The number of Topliss-reactive ketones (excluding diaryl/α,β-unsaturated/α-hetero) is 1. The first-order valence-corrected chi connectivity index (χ1v) is 8.55. The van der Waals surface area contributed by atoms with Gasteiger partial charge in [-0.2, -0.15) is 0 Å². The van der Waals surface area contributed by atoms with Crippen molar-refractivity contribution in [1.82, 2.24) is 9.88 Å². The van der Waals surface area contributed by atoms with Gasteiger partial charge in [0.15, 0.2) is 0 Å². The smallest absolute Gasteiger partial charge is 0.263 e. The van der Waals surface area contributed by atoms with E-state index in [0.717, 1.165) is 38.8 Å². The second-order valence-corrected chi connectivity index (χ2v) is 7.71. The molecule has 1 aromatic rings. The van der Waals surface area contributed by atoms with Crippen LogP contribution in [0, 0.1) is 11.3 Å². The van der Waals surface area contributed by atoms with Crippen LogP contribution in [0.3, 0.4) is 0 Å². The van der Waals surface area contributed by atoms with E-state index in [2.05, 4.69) is 25.8 Å². The molecule has 0 bridgehead atoms. The van der Waals surface area contributed by atoms with Crippen LogP contribution in [-0.4, -0.2) is 34.7 Å². The molecule has 1 fully saturated rings. The zero-order chi connectivity index (χ0) is 16.9. The zero-order valence-corrected chi connectivity index (χ0v) is 14.5. The number of ketones is 1. The summed E-state index contributed by atoms with van der Waals surface area (Å²) in [4.78, 5) is 29.9. The van der Waals surface area contributed by atoms with Crippen molar-refractivity contribution in [2.24, 2.45) is 11.3 Å². The number of carbonyl (C=O) groups is 2. The van der Waals surface area contributed by atoms with Crippen molar-refractivity contribution >= 4 is 11.7 Å². The lowest BCUT2D eigenvalue weighted by molar-refractivity contribution is -0.134. The van der Waals surface area contributed by atoms with Gasteiger partial charge in [0, 0.05) is 25.9 Å². The molecule has 2 heterocycles. The van der Waals surface area contributed by atoms with Gasteiger partial charge in [0.1, 0.15) is 6.26 Å². The molecule has 0 saturated carbocycles. The number of hydrogen-bond donors (Lipinski definition) is 0. The Morgan fingerprint density at radius 2 is 2.00 bits per heavy atom. The summed E-state index contributed by atoms with van der Waals surface area (Å²) in [5, 5.41) is 0. The normalized spacial score (nSPS) is 16.6. The molecular formula is C18H28N2O3. The number of likely N-dealkylation sites (tertiary alicyclic amines) is 1. The minimum absolute atomic E-state index is 0.0206. The molecule has 5 nitrogen and oxygen atoms in total. The number of nitrogens with zero attached hydrogens (tertiary/aromatic N) is 2. The van der Waals surface area contributed by atoms with E-state index in [1.807, 2.05) is 4.90 Å². The van der Waals surface area contributed by atoms with Crippen LogP contribution in [0.4, 0.5) is 0 Å². The molecule has 0 radical (unpaired) electrons. The third-order valence-electron chi connectivity index (χ3n) is 4.34. The molecule has 0 unspecified atom stereocenters. The van der Waals surface area contributed by atoms with E-state index >= 15 is 0 Å². The highest BCUT2D eigenvalue weighted by atomic mass is 16.3. The van der Waals surface area contributed by atoms with Crippen molar-refractivity contribution in [3.8, 4) is 0 Å². The second kappa shape index (κ2) is 7.75. The van der Waals surface area contributed by atoms with Crippen LogP contribution >= 0.6 is 0 Å². The molecule has 0 aliphatic carbocycles. The number of rotatable bonds is 6. The van der Waals surface area contributed by atoms with E-state index in [1.54, 1.807) is 0 Å². The van der Waals surface area contributed by atoms with Gasteiger partial charge in [-0.1, -0.05) is 20.8 Å². The third-order valence-corrected chi connectivity index (χ3v) is 4.34. The average molecular weight is 320 g/mol. The Balaban J connectivity index is 1.65. The fourth-order valence-corrected chi connectivity index (χ4v) is 3.06. The van der Waals surface area contributed by atoms with Gasteiger partial charge >= 0.3 is 0 Å². The highest BCUT2D eigenvalue weighted by Crippen LogP contribution is 2.26. The number of carbonyl (C=O) groups excluding carboxylic acids is 2. The molecule has 128 valence electrons. The Bertz CT molecular complexity index is 509.